The topological polar surface area (TPSA) is 53.4 Å². The van der Waals surface area contributed by atoms with Crippen LogP contribution in [0.15, 0.2) is 0 Å². The van der Waals surface area contributed by atoms with E-state index in [2.05, 4.69) is 10.9 Å². The van der Waals surface area contributed by atoms with E-state index in [0.717, 1.165) is 15.6 Å². The molecule has 0 atom stereocenters. The summed E-state index contributed by atoms with van der Waals surface area (Å²) in [6.07, 6.45) is 5.19. The maximum atomic E-state index is 10.6. The Morgan fingerprint density at radius 1 is 1.62 bits per heavy atom. The molecule has 0 radical (unpaired) electrons. The van der Waals surface area contributed by atoms with Crippen LogP contribution in [0.2, 0.25) is 0 Å². The summed E-state index contributed by atoms with van der Waals surface area (Å²) in [7, 11) is 0. The maximum Gasteiger partial charge on any atom is 0.317 e. The summed E-state index contributed by atoms with van der Waals surface area (Å²) in [5.74, 6) is 1.58. The van der Waals surface area contributed by atoms with Crippen molar-refractivity contribution < 1.29 is 9.90 Å². The molecule has 1 aromatic rings. The molecule has 0 saturated carbocycles. The maximum absolute atomic E-state index is 10.6. The number of thiazole rings is 1. The van der Waals surface area contributed by atoms with Crippen molar-refractivity contribution >= 4 is 17.3 Å². The molecule has 0 saturated heterocycles. The lowest BCUT2D eigenvalue weighted by molar-refractivity contribution is -0.138. The number of terminal acetylenes is 1. The van der Waals surface area contributed by atoms with Gasteiger partial charge in [0, 0.05) is 4.88 Å². The SMILES string of the molecule is C#CCN(CC(=O)O)Cc1nc(C)c(C)s1. The van der Waals surface area contributed by atoms with Gasteiger partial charge in [0.2, 0.25) is 0 Å². The normalized spacial score (nSPS) is 10.4. The van der Waals surface area contributed by atoms with Crippen molar-refractivity contribution in [3.63, 3.8) is 0 Å². The number of hydrogen-bond acceptors (Lipinski definition) is 4. The highest BCUT2D eigenvalue weighted by molar-refractivity contribution is 7.11. The zero-order valence-electron chi connectivity index (χ0n) is 9.36. The third-order valence-corrected chi connectivity index (χ3v) is 3.16. The van der Waals surface area contributed by atoms with Gasteiger partial charge in [-0.1, -0.05) is 5.92 Å². The smallest absolute Gasteiger partial charge is 0.317 e. The number of aromatic nitrogens is 1. The number of aryl methyl sites for hydroxylation is 2. The van der Waals surface area contributed by atoms with E-state index in [1.54, 1.807) is 16.2 Å². The molecule has 16 heavy (non-hydrogen) atoms. The van der Waals surface area contributed by atoms with E-state index in [-0.39, 0.29) is 6.54 Å². The molecule has 86 valence electrons. The van der Waals surface area contributed by atoms with Gasteiger partial charge in [-0.05, 0) is 13.8 Å². The predicted molar refractivity (Wildman–Crippen MR) is 63.3 cm³/mol. The molecule has 0 unspecified atom stereocenters. The summed E-state index contributed by atoms with van der Waals surface area (Å²) < 4.78 is 0. The minimum absolute atomic E-state index is 0.0537. The average molecular weight is 238 g/mol. The molecule has 1 rings (SSSR count). The molecule has 5 heteroatoms. The Bertz CT molecular complexity index is 401. The molecule has 0 aromatic carbocycles. The molecular formula is C11H14N2O2S. The van der Waals surface area contributed by atoms with E-state index in [9.17, 15) is 4.79 Å². The second-order valence-corrected chi connectivity index (χ2v) is 4.78. The van der Waals surface area contributed by atoms with Crippen molar-refractivity contribution in [3.8, 4) is 12.3 Å². The Kier molecular flexibility index (Phi) is 4.47. The Hall–Kier alpha value is -1.38. The van der Waals surface area contributed by atoms with Crippen molar-refractivity contribution in [1.82, 2.24) is 9.88 Å². The molecule has 4 nitrogen and oxygen atoms in total. The fraction of sp³-hybridized carbons (Fsp3) is 0.455. The number of hydrogen-bond donors (Lipinski definition) is 1. The summed E-state index contributed by atoms with van der Waals surface area (Å²) in [6.45, 7) is 4.71. The summed E-state index contributed by atoms with van der Waals surface area (Å²) in [5.41, 5.74) is 0.996. The second-order valence-electron chi connectivity index (χ2n) is 3.49. The molecule has 0 aliphatic heterocycles. The van der Waals surface area contributed by atoms with Crippen molar-refractivity contribution in [2.45, 2.75) is 20.4 Å². The summed E-state index contributed by atoms with van der Waals surface area (Å²) >= 11 is 1.58. The van der Waals surface area contributed by atoms with Crippen LogP contribution in [0.5, 0.6) is 0 Å². The van der Waals surface area contributed by atoms with Gasteiger partial charge in [0.15, 0.2) is 0 Å². The van der Waals surface area contributed by atoms with Gasteiger partial charge in [0.1, 0.15) is 5.01 Å². The fourth-order valence-electron chi connectivity index (χ4n) is 1.29. The Morgan fingerprint density at radius 3 is 2.75 bits per heavy atom. The number of nitrogens with zero attached hydrogens (tertiary/aromatic N) is 2. The number of carbonyl (C=O) groups is 1. The Labute approximate surface area is 98.9 Å². The number of aliphatic carboxylic acids is 1. The minimum Gasteiger partial charge on any atom is -0.480 e. The van der Waals surface area contributed by atoms with E-state index in [1.807, 2.05) is 13.8 Å². The highest BCUT2D eigenvalue weighted by Crippen LogP contribution is 2.17. The fourth-order valence-corrected chi connectivity index (χ4v) is 2.26. The summed E-state index contributed by atoms with van der Waals surface area (Å²) in [6, 6.07) is 0. The van der Waals surface area contributed by atoms with Crippen LogP contribution in [0.4, 0.5) is 0 Å². The van der Waals surface area contributed by atoms with Gasteiger partial charge in [-0.15, -0.1) is 17.8 Å². The van der Waals surface area contributed by atoms with Crippen molar-refractivity contribution in [2.24, 2.45) is 0 Å². The first-order valence-corrected chi connectivity index (χ1v) is 5.65. The molecule has 1 heterocycles. The van der Waals surface area contributed by atoms with E-state index < -0.39 is 5.97 Å². The van der Waals surface area contributed by atoms with E-state index in [4.69, 9.17) is 11.5 Å². The van der Waals surface area contributed by atoms with E-state index in [0.29, 0.717) is 13.1 Å². The third-order valence-electron chi connectivity index (χ3n) is 2.11. The average Bonchev–Trinajstić information content (AvgIpc) is 2.45. The van der Waals surface area contributed by atoms with Gasteiger partial charge >= 0.3 is 5.97 Å². The van der Waals surface area contributed by atoms with Crippen LogP contribution in [0, 0.1) is 26.2 Å². The van der Waals surface area contributed by atoms with Gasteiger partial charge in [0.05, 0.1) is 25.3 Å². The zero-order chi connectivity index (χ0) is 12.1. The van der Waals surface area contributed by atoms with Gasteiger partial charge in [-0.25, -0.2) is 4.98 Å². The van der Waals surface area contributed by atoms with Crippen LogP contribution in [0.25, 0.3) is 0 Å². The van der Waals surface area contributed by atoms with Gasteiger partial charge in [-0.2, -0.15) is 0 Å². The minimum atomic E-state index is -0.875. The molecule has 1 N–H and O–H groups in total. The predicted octanol–water partition coefficient (Wildman–Crippen LogP) is 1.28. The summed E-state index contributed by atoms with van der Waals surface area (Å²) in [4.78, 5) is 17.8. The first kappa shape index (κ1) is 12.7. The molecule has 0 aliphatic carbocycles. The monoisotopic (exact) mass is 238 g/mol. The zero-order valence-corrected chi connectivity index (χ0v) is 10.2. The first-order valence-electron chi connectivity index (χ1n) is 4.83. The van der Waals surface area contributed by atoms with Gasteiger partial charge < -0.3 is 5.11 Å². The van der Waals surface area contributed by atoms with Gasteiger partial charge in [-0.3, -0.25) is 9.69 Å². The largest absolute Gasteiger partial charge is 0.480 e. The van der Waals surface area contributed by atoms with Crippen LogP contribution in [-0.2, 0) is 11.3 Å². The lowest BCUT2D eigenvalue weighted by atomic mass is 10.4. The van der Waals surface area contributed by atoms with Crippen LogP contribution < -0.4 is 0 Å². The standard InChI is InChI=1S/C11H14N2O2S/c1-4-5-13(7-11(14)15)6-10-12-8(2)9(3)16-10/h1H,5-7H2,2-3H3,(H,14,15). The Balaban J connectivity index is 2.68. The number of carboxylic acids is 1. The lowest BCUT2D eigenvalue weighted by Crippen LogP contribution is -2.29. The molecule has 0 amide bonds. The third kappa shape index (κ3) is 3.65. The van der Waals surface area contributed by atoms with Crippen molar-refractivity contribution in [1.29, 1.82) is 0 Å². The highest BCUT2D eigenvalue weighted by Gasteiger charge is 2.12. The summed E-state index contributed by atoms with van der Waals surface area (Å²) in [5, 5.41) is 9.63. The molecule has 0 aliphatic rings. The second kappa shape index (κ2) is 5.64. The van der Waals surface area contributed by atoms with Crippen LogP contribution in [-0.4, -0.2) is 34.0 Å². The lowest BCUT2D eigenvalue weighted by Gasteiger charge is -2.15. The van der Waals surface area contributed by atoms with Crippen LogP contribution in [0.3, 0.4) is 0 Å². The van der Waals surface area contributed by atoms with Crippen molar-refractivity contribution in [2.75, 3.05) is 13.1 Å². The molecule has 1 aromatic heterocycles. The van der Waals surface area contributed by atoms with E-state index in [1.165, 1.54) is 0 Å². The molecular weight excluding hydrogens is 224 g/mol. The van der Waals surface area contributed by atoms with E-state index >= 15 is 0 Å². The van der Waals surface area contributed by atoms with Crippen molar-refractivity contribution in [3.05, 3.63) is 15.6 Å². The molecule has 0 spiro atoms. The highest BCUT2D eigenvalue weighted by atomic mass is 32.1. The first-order chi connectivity index (χ1) is 7.52. The van der Waals surface area contributed by atoms with Crippen LogP contribution >= 0.6 is 11.3 Å². The molecule has 0 bridgehead atoms. The van der Waals surface area contributed by atoms with Crippen LogP contribution in [0.1, 0.15) is 15.6 Å². The number of carboxylic acid groups (broad SMARTS) is 1. The Morgan fingerprint density at radius 2 is 2.31 bits per heavy atom. The number of rotatable bonds is 5. The quantitative estimate of drug-likeness (QED) is 0.785. The molecule has 0 fully saturated rings. The van der Waals surface area contributed by atoms with Gasteiger partial charge in [0.25, 0.3) is 0 Å².